The van der Waals surface area contributed by atoms with Crippen LogP contribution in [0.3, 0.4) is 0 Å². The summed E-state index contributed by atoms with van der Waals surface area (Å²) >= 11 is 0. The van der Waals surface area contributed by atoms with Gasteiger partial charge in [0.2, 0.25) is 0 Å². The molecule has 3 atom stereocenters. The number of aromatic nitrogens is 2. The highest BCUT2D eigenvalue weighted by atomic mass is 19.1. The van der Waals surface area contributed by atoms with Crippen LogP contribution in [0.25, 0.3) is 0 Å². The molecule has 0 radical (unpaired) electrons. The lowest BCUT2D eigenvalue weighted by atomic mass is 9.80. The molecule has 38 heavy (non-hydrogen) atoms. The number of carbonyl (C=O) groups is 1. The van der Waals surface area contributed by atoms with Gasteiger partial charge in [-0.3, -0.25) is 14.9 Å². The zero-order valence-electron chi connectivity index (χ0n) is 23.2. The highest BCUT2D eigenvalue weighted by molar-refractivity contribution is 5.62. The fourth-order valence-corrected chi connectivity index (χ4v) is 6.11. The standard InChI is InChI=1S/C31H45FN4O2/c1-3-28-25(12-7-16-33)30(38-2)19-24(35-28)11-4-5-14-27(32)23-15-18-36(20-23)29(21-37)26-13-8-17-34-31(26)22-9-6-10-22/h8,13,17,19,21-23,27,29H,3-7,9-12,14-16,18,20,33H2,1-2H3/t23?,27-,29+/m0/s1. The third-order valence-electron chi connectivity index (χ3n) is 8.54. The Morgan fingerprint density at radius 2 is 2.08 bits per heavy atom. The van der Waals surface area contributed by atoms with E-state index in [4.69, 9.17) is 15.5 Å². The molecule has 0 aromatic carbocycles. The van der Waals surface area contributed by atoms with E-state index in [0.717, 1.165) is 99.0 Å². The van der Waals surface area contributed by atoms with Crippen LogP contribution in [0.4, 0.5) is 4.39 Å². The highest BCUT2D eigenvalue weighted by Crippen LogP contribution is 2.40. The van der Waals surface area contributed by atoms with Crippen molar-refractivity contribution in [3.63, 3.8) is 0 Å². The molecule has 1 saturated carbocycles. The van der Waals surface area contributed by atoms with Crippen molar-refractivity contribution in [3.05, 3.63) is 52.6 Å². The maximum Gasteiger partial charge on any atom is 0.141 e. The molecule has 4 rings (SSSR count). The number of methoxy groups -OCH3 is 1. The number of nitrogens with two attached hydrogens (primary N) is 1. The fourth-order valence-electron chi connectivity index (χ4n) is 6.11. The van der Waals surface area contributed by atoms with E-state index in [9.17, 15) is 4.79 Å². The molecule has 3 heterocycles. The van der Waals surface area contributed by atoms with Gasteiger partial charge >= 0.3 is 0 Å². The minimum atomic E-state index is -0.848. The van der Waals surface area contributed by atoms with Crippen molar-refractivity contribution in [1.29, 1.82) is 0 Å². The van der Waals surface area contributed by atoms with Gasteiger partial charge in [0.1, 0.15) is 18.2 Å². The van der Waals surface area contributed by atoms with E-state index in [2.05, 4.69) is 16.8 Å². The Bertz CT molecular complexity index is 1020. The average molecular weight is 525 g/mol. The molecule has 2 fully saturated rings. The molecular weight excluding hydrogens is 479 g/mol. The van der Waals surface area contributed by atoms with Gasteiger partial charge in [-0.15, -0.1) is 0 Å². The lowest BCUT2D eigenvalue weighted by Gasteiger charge is -2.31. The summed E-state index contributed by atoms with van der Waals surface area (Å²) in [5.74, 6) is 1.34. The van der Waals surface area contributed by atoms with E-state index in [1.54, 1.807) is 7.11 Å². The number of pyridine rings is 2. The second-order valence-electron chi connectivity index (χ2n) is 11.0. The minimum absolute atomic E-state index is 0.0204. The summed E-state index contributed by atoms with van der Waals surface area (Å²) in [6.07, 6.45) is 12.1. The quantitative estimate of drug-likeness (QED) is 0.244. The van der Waals surface area contributed by atoms with Crippen LogP contribution in [0, 0.1) is 5.92 Å². The van der Waals surface area contributed by atoms with Gasteiger partial charge in [-0.25, -0.2) is 4.39 Å². The van der Waals surface area contributed by atoms with Crippen molar-refractivity contribution in [2.24, 2.45) is 11.7 Å². The Kier molecular flexibility index (Phi) is 10.6. The summed E-state index contributed by atoms with van der Waals surface area (Å²) < 4.78 is 20.9. The number of likely N-dealkylation sites (tertiary alicyclic amines) is 1. The van der Waals surface area contributed by atoms with Crippen LogP contribution < -0.4 is 10.5 Å². The first kappa shape index (κ1) is 28.6. The number of alkyl halides is 1. The first-order valence-electron chi connectivity index (χ1n) is 14.6. The zero-order chi connectivity index (χ0) is 26.9. The average Bonchev–Trinajstić information content (AvgIpc) is 3.40. The van der Waals surface area contributed by atoms with Crippen molar-refractivity contribution >= 4 is 6.29 Å². The van der Waals surface area contributed by atoms with Crippen molar-refractivity contribution in [1.82, 2.24) is 14.9 Å². The number of unbranched alkanes of at least 4 members (excludes halogenated alkanes) is 1. The first-order valence-corrected chi connectivity index (χ1v) is 14.6. The molecule has 2 aromatic rings. The molecule has 0 bridgehead atoms. The molecule has 2 N–H and O–H groups in total. The van der Waals surface area contributed by atoms with Crippen LogP contribution in [0.15, 0.2) is 24.4 Å². The van der Waals surface area contributed by atoms with Crippen LogP contribution in [0.5, 0.6) is 5.75 Å². The van der Waals surface area contributed by atoms with Crippen molar-refractivity contribution in [2.45, 2.75) is 95.7 Å². The number of hydrogen-bond donors (Lipinski definition) is 1. The van der Waals surface area contributed by atoms with Gasteiger partial charge < -0.3 is 15.3 Å². The summed E-state index contributed by atoms with van der Waals surface area (Å²) in [7, 11) is 1.71. The predicted molar refractivity (Wildman–Crippen MR) is 149 cm³/mol. The van der Waals surface area contributed by atoms with E-state index in [-0.39, 0.29) is 12.0 Å². The summed E-state index contributed by atoms with van der Waals surface area (Å²) in [6, 6.07) is 5.68. The number of rotatable bonds is 15. The summed E-state index contributed by atoms with van der Waals surface area (Å²) in [5.41, 5.74) is 11.1. The number of nitrogens with zero attached hydrogens (tertiary/aromatic N) is 3. The van der Waals surface area contributed by atoms with Gasteiger partial charge in [0, 0.05) is 53.3 Å². The number of carbonyl (C=O) groups excluding carboxylic acids is 1. The second-order valence-corrected chi connectivity index (χ2v) is 11.0. The van der Waals surface area contributed by atoms with Crippen LogP contribution in [-0.4, -0.2) is 54.1 Å². The van der Waals surface area contributed by atoms with Crippen molar-refractivity contribution in [3.8, 4) is 5.75 Å². The summed E-state index contributed by atoms with van der Waals surface area (Å²) in [4.78, 5) is 23.9. The minimum Gasteiger partial charge on any atom is -0.496 e. The second kappa shape index (κ2) is 14.1. The maximum absolute atomic E-state index is 15.3. The van der Waals surface area contributed by atoms with Gasteiger partial charge in [-0.1, -0.05) is 25.8 Å². The Balaban J connectivity index is 1.28. The Hall–Kier alpha value is -2.38. The molecule has 7 heteroatoms. The molecule has 208 valence electrons. The number of hydrogen-bond acceptors (Lipinski definition) is 6. The smallest absolute Gasteiger partial charge is 0.141 e. The normalized spacial score (nSPS) is 19.7. The molecule has 2 aromatic heterocycles. The summed E-state index contributed by atoms with van der Waals surface area (Å²) in [5, 5.41) is 0. The molecule has 0 amide bonds. The van der Waals surface area contributed by atoms with Gasteiger partial charge in [0.15, 0.2) is 0 Å². The SMILES string of the molecule is CCc1nc(CCCC[C@H](F)C2CCN([C@H](C=O)c3cccnc3C3CCC3)C2)cc(OC)c1CCCN. The molecule has 1 saturated heterocycles. The number of aldehydes is 1. The zero-order valence-corrected chi connectivity index (χ0v) is 23.2. The highest BCUT2D eigenvalue weighted by Gasteiger charge is 2.35. The van der Waals surface area contributed by atoms with Crippen LogP contribution in [0.2, 0.25) is 0 Å². The van der Waals surface area contributed by atoms with Gasteiger partial charge in [0.05, 0.1) is 13.2 Å². The lowest BCUT2D eigenvalue weighted by molar-refractivity contribution is -0.112. The number of ether oxygens (including phenoxy) is 1. The summed E-state index contributed by atoms with van der Waals surface area (Å²) in [6.45, 7) is 4.16. The largest absolute Gasteiger partial charge is 0.496 e. The Morgan fingerprint density at radius 1 is 1.24 bits per heavy atom. The molecule has 0 spiro atoms. The third kappa shape index (κ3) is 6.78. The topological polar surface area (TPSA) is 81.3 Å². The predicted octanol–water partition coefficient (Wildman–Crippen LogP) is 5.52. The Labute approximate surface area is 227 Å². The number of halogens is 1. The lowest BCUT2D eigenvalue weighted by Crippen LogP contribution is -2.31. The van der Waals surface area contributed by atoms with E-state index < -0.39 is 6.17 Å². The third-order valence-corrected chi connectivity index (χ3v) is 8.54. The maximum atomic E-state index is 15.3. The van der Waals surface area contributed by atoms with Crippen LogP contribution in [-0.2, 0) is 24.1 Å². The van der Waals surface area contributed by atoms with E-state index in [1.807, 2.05) is 24.4 Å². The molecular formula is C31H45FN4O2. The molecule has 2 aliphatic rings. The molecule has 1 aliphatic heterocycles. The van der Waals surface area contributed by atoms with Gasteiger partial charge in [-0.2, -0.15) is 0 Å². The fraction of sp³-hybridized carbons (Fsp3) is 0.645. The van der Waals surface area contributed by atoms with Crippen LogP contribution >= 0.6 is 0 Å². The van der Waals surface area contributed by atoms with Crippen molar-refractivity contribution < 1.29 is 13.9 Å². The van der Waals surface area contributed by atoms with E-state index >= 15 is 4.39 Å². The van der Waals surface area contributed by atoms with Crippen molar-refractivity contribution in [2.75, 3.05) is 26.7 Å². The van der Waals surface area contributed by atoms with Crippen LogP contribution in [0.1, 0.15) is 98.5 Å². The van der Waals surface area contributed by atoms with Gasteiger partial charge in [0.25, 0.3) is 0 Å². The molecule has 6 nitrogen and oxygen atoms in total. The van der Waals surface area contributed by atoms with E-state index in [1.165, 1.54) is 12.0 Å². The number of aryl methyl sites for hydroxylation is 2. The molecule has 1 unspecified atom stereocenters. The van der Waals surface area contributed by atoms with Gasteiger partial charge in [-0.05, 0) is 82.5 Å². The molecule has 1 aliphatic carbocycles. The monoisotopic (exact) mass is 524 g/mol. The van der Waals surface area contributed by atoms with E-state index in [0.29, 0.717) is 25.4 Å². The Morgan fingerprint density at radius 3 is 2.76 bits per heavy atom. The first-order chi connectivity index (χ1) is 18.6.